The van der Waals surface area contributed by atoms with E-state index >= 15 is 0 Å². The molecule has 1 N–H and O–H groups in total. The zero-order valence-corrected chi connectivity index (χ0v) is 17.9. The third-order valence-corrected chi connectivity index (χ3v) is 6.95. The van der Waals surface area contributed by atoms with Gasteiger partial charge in [-0.25, -0.2) is 8.42 Å². The first-order chi connectivity index (χ1) is 12.2. The Hall–Kier alpha value is -1.36. The Bertz CT molecular complexity index is 901. The lowest BCUT2D eigenvalue weighted by molar-refractivity contribution is -0.117. The highest BCUT2D eigenvalue weighted by Crippen LogP contribution is 2.29. The van der Waals surface area contributed by atoms with E-state index < -0.39 is 22.0 Å². The molecule has 0 spiro atoms. The lowest BCUT2D eigenvalue weighted by Gasteiger charge is -2.30. The van der Waals surface area contributed by atoms with Crippen molar-refractivity contribution < 1.29 is 13.2 Å². The summed E-state index contributed by atoms with van der Waals surface area (Å²) in [6, 6.07) is 3.96. The van der Waals surface area contributed by atoms with Crippen molar-refractivity contribution in [1.29, 1.82) is 0 Å². The summed E-state index contributed by atoms with van der Waals surface area (Å²) in [6.07, 6.45) is 3.19. The number of aryl methyl sites for hydroxylation is 1. The van der Waals surface area contributed by atoms with Gasteiger partial charge in [0.05, 0.1) is 11.9 Å². The van der Waals surface area contributed by atoms with E-state index in [0.29, 0.717) is 20.2 Å². The van der Waals surface area contributed by atoms with Gasteiger partial charge in [0.1, 0.15) is 6.04 Å². The highest BCUT2D eigenvalue weighted by molar-refractivity contribution is 8.00. The molecule has 0 aliphatic rings. The Kier molecular flexibility index (Phi) is 6.89. The van der Waals surface area contributed by atoms with Crippen LogP contribution in [0.3, 0.4) is 0 Å². The Labute approximate surface area is 166 Å². The van der Waals surface area contributed by atoms with Crippen LogP contribution < -0.4 is 9.62 Å². The van der Waals surface area contributed by atoms with Gasteiger partial charge in [0.15, 0.2) is 4.34 Å². The summed E-state index contributed by atoms with van der Waals surface area (Å²) < 4.78 is 26.6. The molecular weight excluding hydrogens is 416 g/mol. The molecule has 0 fully saturated rings. The molecule has 1 aromatic heterocycles. The molecule has 2 aromatic rings. The van der Waals surface area contributed by atoms with Crippen molar-refractivity contribution in [2.24, 2.45) is 0 Å². The number of carbonyl (C=O) groups excluding carboxylic acids is 1. The van der Waals surface area contributed by atoms with E-state index in [1.54, 1.807) is 25.1 Å². The molecule has 1 aromatic carbocycles. The van der Waals surface area contributed by atoms with E-state index in [1.807, 2.05) is 13.2 Å². The molecule has 1 atom stereocenters. The summed E-state index contributed by atoms with van der Waals surface area (Å²) in [4.78, 5) is 12.7. The number of amides is 1. The number of nitrogens with one attached hydrogen (secondary N) is 1. The van der Waals surface area contributed by atoms with Gasteiger partial charge in [-0.3, -0.25) is 14.4 Å². The number of nitrogens with zero attached hydrogens (tertiary/aromatic N) is 3. The standard InChI is InChI=1S/C15H19ClN4O3S3/c1-5-12(13(21)17-14-18-19-15(24-3)25-14)20(26(4,22)23)10-7-6-9(2)11(16)8-10/h6-8,12H,5H2,1-4H3,(H,17,18,21)/t12-/m0/s1. The average molecular weight is 435 g/mol. The van der Waals surface area contributed by atoms with Gasteiger partial charge in [-0.15, -0.1) is 10.2 Å². The van der Waals surface area contributed by atoms with Gasteiger partial charge in [-0.2, -0.15) is 0 Å². The number of sulfonamides is 1. The van der Waals surface area contributed by atoms with Crippen molar-refractivity contribution in [2.75, 3.05) is 22.1 Å². The van der Waals surface area contributed by atoms with E-state index in [0.717, 1.165) is 16.1 Å². The van der Waals surface area contributed by atoms with E-state index in [4.69, 9.17) is 11.6 Å². The van der Waals surface area contributed by atoms with Crippen molar-refractivity contribution in [1.82, 2.24) is 10.2 Å². The van der Waals surface area contributed by atoms with Crippen LogP contribution in [0.15, 0.2) is 22.5 Å². The fourth-order valence-corrected chi connectivity index (χ4v) is 4.86. The molecule has 0 aliphatic heterocycles. The number of thioether (sulfide) groups is 1. The van der Waals surface area contributed by atoms with Gasteiger partial charge < -0.3 is 0 Å². The third-order valence-electron chi connectivity index (χ3n) is 3.55. The molecule has 0 bridgehead atoms. The minimum absolute atomic E-state index is 0.276. The number of carbonyl (C=O) groups is 1. The predicted molar refractivity (Wildman–Crippen MR) is 108 cm³/mol. The number of benzene rings is 1. The summed E-state index contributed by atoms with van der Waals surface area (Å²) in [5.74, 6) is -0.474. The average Bonchev–Trinajstić information content (AvgIpc) is 3.01. The Morgan fingerprint density at radius 1 is 1.42 bits per heavy atom. The Morgan fingerprint density at radius 3 is 2.62 bits per heavy atom. The van der Waals surface area contributed by atoms with E-state index in [2.05, 4.69) is 15.5 Å². The van der Waals surface area contributed by atoms with Crippen LogP contribution in [0, 0.1) is 6.92 Å². The van der Waals surface area contributed by atoms with Crippen LogP contribution in [0.5, 0.6) is 0 Å². The van der Waals surface area contributed by atoms with Gasteiger partial charge in [0.2, 0.25) is 21.1 Å². The molecule has 0 aliphatic carbocycles. The Morgan fingerprint density at radius 2 is 2.12 bits per heavy atom. The smallest absolute Gasteiger partial charge is 0.250 e. The van der Waals surface area contributed by atoms with Crippen LogP contribution in [0.4, 0.5) is 10.8 Å². The number of halogens is 1. The van der Waals surface area contributed by atoms with Gasteiger partial charge in [0.25, 0.3) is 0 Å². The molecule has 7 nitrogen and oxygen atoms in total. The fourth-order valence-electron chi connectivity index (χ4n) is 2.31. The maximum Gasteiger partial charge on any atom is 0.250 e. The molecule has 1 amide bonds. The summed E-state index contributed by atoms with van der Waals surface area (Å²) in [5, 5.41) is 11.2. The van der Waals surface area contributed by atoms with Crippen molar-refractivity contribution in [3.63, 3.8) is 0 Å². The largest absolute Gasteiger partial charge is 0.299 e. The monoisotopic (exact) mass is 434 g/mol. The van der Waals surface area contributed by atoms with Crippen LogP contribution in [0.25, 0.3) is 0 Å². The second-order valence-corrected chi connectivity index (χ2v) is 9.78. The molecule has 1 heterocycles. The zero-order valence-electron chi connectivity index (χ0n) is 14.7. The molecule has 0 unspecified atom stereocenters. The molecule has 11 heteroatoms. The predicted octanol–water partition coefficient (Wildman–Crippen LogP) is 3.41. The zero-order chi connectivity index (χ0) is 19.5. The molecule has 26 heavy (non-hydrogen) atoms. The first kappa shape index (κ1) is 20.9. The van der Waals surface area contributed by atoms with Crippen LogP contribution >= 0.6 is 34.7 Å². The molecule has 142 valence electrons. The highest BCUT2D eigenvalue weighted by atomic mass is 35.5. The summed E-state index contributed by atoms with van der Waals surface area (Å²) in [5.41, 5.74) is 1.16. The first-order valence-electron chi connectivity index (χ1n) is 7.61. The third kappa shape index (κ3) is 4.87. The molecular formula is C15H19ClN4O3S3. The van der Waals surface area contributed by atoms with Gasteiger partial charge in [-0.1, -0.05) is 47.7 Å². The fraction of sp³-hybridized carbons (Fsp3) is 0.400. The first-order valence-corrected chi connectivity index (χ1v) is 11.9. The molecule has 2 rings (SSSR count). The van der Waals surface area contributed by atoms with Gasteiger partial charge in [-0.05, 0) is 37.3 Å². The Balaban J connectivity index is 2.37. The number of hydrogen-bond acceptors (Lipinski definition) is 7. The maximum atomic E-state index is 12.7. The van der Waals surface area contributed by atoms with Crippen molar-refractivity contribution in [2.45, 2.75) is 30.6 Å². The minimum atomic E-state index is -3.72. The number of hydrogen-bond donors (Lipinski definition) is 1. The number of aromatic nitrogens is 2. The van der Waals surface area contributed by atoms with Gasteiger partial charge in [0, 0.05) is 5.02 Å². The van der Waals surface area contributed by atoms with Crippen molar-refractivity contribution in [3.8, 4) is 0 Å². The summed E-state index contributed by atoms with van der Waals surface area (Å²) in [6.45, 7) is 3.56. The highest BCUT2D eigenvalue weighted by Gasteiger charge is 2.32. The molecule has 0 radical (unpaired) electrons. The SMILES string of the molecule is CC[C@@H](C(=O)Nc1nnc(SC)s1)N(c1ccc(C)c(Cl)c1)S(C)(=O)=O. The summed E-state index contributed by atoms with van der Waals surface area (Å²) in [7, 11) is -3.72. The quantitative estimate of drug-likeness (QED) is 0.530. The maximum absolute atomic E-state index is 12.7. The van der Waals surface area contributed by atoms with E-state index in [-0.39, 0.29) is 6.42 Å². The van der Waals surface area contributed by atoms with Crippen LogP contribution in [-0.2, 0) is 14.8 Å². The normalized spacial score (nSPS) is 12.7. The molecule has 0 saturated carbocycles. The second kappa shape index (κ2) is 8.55. The lowest BCUT2D eigenvalue weighted by atomic mass is 10.1. The minimum Gasteiger partial charge on any atom is -0.299 e. The van der Waals surface area contributed by atoms with E-state index in [9.17, 15) is 13.2 Å². The number of rotatable bonds is 7. The summed E-state index contributed by atoms with van der Waals surface area (Å²) >= 11 is 8.79. The molecule has 0 saturated heterocycles. The van der Waals surface area contributed by atoms with E-state index in [1.165, 1.54) is 23.1 Å². The second-order valence-electron chi connectivity index (χ2n) is 5.48. The van der Waals surface area contributed by atoms with Crippen LogP contribution in [0.2, 0.25) is 5.02 Å². The topological polar surface area (TPSA) is 92.3 Å². The van der Waals surface area contributed by atoms with Crippen LogP contribution in [-0.4, -0.2) is 43.1 Å². The number of anilines is 2. The van der Waals surface area contributed by atoms with Gasteiger partial charge >= 0.3 is 0 Å². The van der Waals surface area contributed by atoms with Crippen molar-refractivity contribution >= 4 is 61.4 Å². The van der Waals surface area contributed by atoms with Crippen LogP contribution in [0.1, 0.15) is 18.9 Å². The van der Waals surface area contributed by atoms with Crippen molar-refractivity contribution in [3.05, 3.63) is 28.8 Å². The lowest BCUT2D eigenvalue weighted by Crippen LogP contribution is -2.47.